The number of rotatable bonds is 4. The van der Waals surface area contributed by atoms with Gasteiger partial charge in [-0.25, -0.2) is 4.39 Å². The summed E-state index contributed by atoms with van der Waals surface area (Å²) in [6.45, 7) is 0.619. The molecular formula is C15H18FNO2. The van der Waals surface area contributed by atoms with E-state index in [4.69, 9.17) is 10.00 Å². The molecule has 1 fully saturated rings. The van der Waals surface area contributed by atoms with Crippen molar-refractivity contribution in [1.29, 1.82) is 5.26 Å². The molecule has 0 heterocycles. The van der Waals surface area contributed by atoms with Crippen molar-refractivity contribution in [2.75, 3.05) is 6.61 Å². The average molecular weight is 263 g/mol. The topological polar surface area (TPSA) is 53.2 Å². The summed E-state index contributed by atoms with van der Waals surface area (Å²) in [5.41, 5.74) is -0.0244. The molecule has 1 aromatic carbocycles. The molecule has 0 aliphatic heterocycles. The second kappa shape index (κ2) is 6.53. The fourth-order valence-electron chi connectivity index (χ4n) is 2.46. The van der Waals surface area contributed by atoms with Gasteiger partial charge < -0.3 is 9.84 Å². The lowest BCUT2D eigenvalue weighted by molar-refractivity contribution is 0.205. The first-order chi connectivity index (χ1) is 9.20. The van der Waals surface area contributed by atoms with Gasteiger partial charge in [-0.05, 0) is 37.0 Å². The monoisotopic (exact) mass is 263 g/mol. The molecule has 1 unspecified atom stereocenters. The molecule has 1 saturated carbocycles. The van der Waals surface area contributed by atoms with E-state index in [-0.39, 0.29) is 5.56 Å². The summed E-state index contributed by atoms with van der Waals surface area (Å²) in [6, 6.07) is 5.79. The standard InChI is InChI=1S/C15H18FNO2/c16-14-7-6-12(8-13(14)15(18)9-17)19-10-11-4-2-1-3-5-11/h6-8,11,15,18H,1-5,10H2. The number of hydrogen-bond donors (Lipinski definition) is 1. The van der Waals surface area contributed by atoms with E-state index in [0.717, 1.165) is 0 Å². The summed E-state index contributed by atoms with van der Waals surface area (Å²) in [6.07, 6.45) is 4.69. The van der Waals surface area contributed by atoms with Gasteiger partial charge in [-0.15, -0.1) is 0 Å². The number of hydrogen-bond acceptors (Lipinski definition) is 3. The Balaban J connectivity index is 1.98. The number of nitrogens with zero attached hydrogens (tertiary/aromatic N) is 1. The van der Waals surface area contributed by atoms with Crippen LogP contribution in [0.2, 0.25) is 0 Å². The van der Waals surface area contributed by atoms with Gasteiger partial charge in [0.05, 0.1) is 12.7 Å². The Morgan fingerprint density at radius 3 is 2.79 bits per heavy atom. The highest BCUT2D eigenvalue weighted by atomic mass is 19.1. The van der Waals surface area contributed by atoms with Crippen LogP contribution in [0.5, 0.6) is 5.75 Å². The van der Waals surface area contributed by atoms with Gasteiger partial charge in [-0.1, -0.05) is 19.3 Å². The van der Waals surface area contributed by atoms with E-state index in [1.807, 2.05) is 0 Å². The highest BCUT2D eigenvalue weighted by Gasteiger charge is 2.16. The quantitative estimate of drug-likeness (QED) is 0.848. The first kappa shape index (κ1) is 13.8. The molecule has 0 radical (unpaired) electrons. The van der Waals surface area contributed by atoms with Crippen molar-refractivity contribution in [3.63, 3.8) is 0 Å². The van der Waals surface area contributed by atoms with E-state index in [0.29, 0.717) is 18.3 Å². The van der Waals surface area contributed by atoms with Gasteiger partial charge in [-0.3, -0.25) is 0 Å². The largest absolute Gasteiger partial charge is 0.493 e. The molecule has 2 rings (SSSR count). The Morgan fingerprint density at radius 2 is 2.11 bits per heavy atom. The van der Waals surface area contributed by atoms with Crippen LogP contribution >= 0.6 is 0 Å². The third-order valence-corrected chi connectivity index (χ3v) is 3.59. The Hall–Kier alpha value is -1.60. The van der Waals surface area contributed by atoms with Gasteiger partial charge in [0.15, 0.2) is 6.10 Å². The van der Waals surface area contributed by atoms with Crippen molar-refractivity contribution in [1.82, 2.24) is 0 Å². The zero-order valence-electron chi connectivity index (χ0n) is 10.8. The summed E-state index contributed by atoms with van der Waals surface area (Å²) in [5, 5.41) is 18.0. The predicted octanol–water partition coefficient (Wildman–Crippen LogP) is 3.34. The van der Waals surface area contributed by atoms with Crippen LogP contribution in [0.1, 0.15) is 43.8 Å². The minimum atomic E-state index is -1.45. The van der Waals surface area contributed by atoms with E-state index in [2.05, 4.69) is 0 Å². The van der Waals surface area contributed by atoms with E-state index < -0.39 is 11.9 Å². The highest BCUT2D eigenvalue weighted by Crippen LogP contribution is 2.26. The zero-order valence-corrected chi connectivity index (χ0v) is 10.8. The Labute approximate surface area is 112 Å². The molecule has 0 aromatic heterocycles. The van der Waals surface area contributed by atoms with Crippen LogP contribution in [0.3, 0.4) is 0 Å². The van der Waals surface area contributed by atoms with Gasteiger partial charge in [0, 0.05) is 5.56 Å². The molecule has 3 nitrogen and oxygen atoms in total. The third-order valence-electron chi connectivity index (χ3n) is 3.59. The second-order valence-corrected chi connectivity index (χ2v) is 5.03. The molecular weight excluding hydrogens is 245 g/mol. The van der Waals surface area contributed by atoms with E-state index in [9.17, 15) is 9.50 Å². The van der Waals surface area contributed by atoms with Gasteiger partial charge in [0.2, 0.25) is 0 Å². The molecule has 1 aliphatic carbocycles. The maximum absolute atomic E-state index is 13.4. The normalized spacial score (nSPS) is 17.7. The third kappa shape index (κ3) is 3.68. The van der Waals surface area contributed by atoms with Crippen LogP contribution < -0.4 is 4.74 Å². The molecule has 19 heavy (non-hydrogen) atoms. The molecule has 4 heteroatoms. The van der Waals surface area contributed by atoms with Gasteiger partial charge in [0.25, 0.3) is 0 Å². The molecule has 0 bridgehead atoms. The minimum Gasteiger partial charge on any atom is -0.493 e. The Morgan fingerprint density at radius 1 is 1.37 bits per heavy atom. The molecule has 1 aromatic rings. The number of nitriles is 1. The number of aliphatic hydroxyl groups is 1. The first-order valence-corrected chi connectivity index (χ1v) is 6.70. The van der Waals surface area contributed by atoms with Crippen LogP contribution in [0.15, 0.2) is 18.2 Å². The molecule has 1 N–H and O–H groups in total. The summed E-state index contributed by atoms with van der Waals surface area (Å²) in [4.78, 5) is 0. The Kier molecular flexibility index (Phi) is 4.75. The smallest absolute Gasteiger partial charge is 0.168 e. The minimum absolute atomic E-state index is 0.0244. The number of aliphatic hydroxyl groups excluding tert-OH is 1. The van der Waals surface area contributed by atoms with Crippen LogP contribution in [0, 0.1) is 23.1 Å². The van der Waals surface area contributed by atoms with Crippen LogP contribution in [-0.2, 0) is 0 Å². The fraction of sp³-hybridized carbons (Fsp3) is 0.533. The van der Waals surface area contributed by atoms with E-state index >= 15 is 0 Å². The first-order valence-electron chi connectivity index (χ1n) is 6.70. The van der Waals surface area contributed by atoms with Gasteiger partial charge >= 0.3 is 0 Å². The van der Waals surface area contributed by atoms with E-state index in [1.165, 1.54) is 50.3 Å². The molecule has 102 valence electrons. The van der Waals surface area contributed by atoms with Crippen LogP contribution in [0.25, 0.3) is 0 Å². The number of halogens is 1. The van der Waals surface area contributed by atoms with Gasteiger partial charge in [0.1, 0.15) is 11.6 Å². The SMILES string of the molecule is N#CC(O)c1cc(OCC2CCCCC2)ccc1F. The van der Waals surface area contributed by atoms with Crippen molar-refractivity contribution in [3.8, 4) is 11.8 Å². The molecule has 1 atom stereocenters. The van der Waals surface area contributed by atoms with Crippen molar-refractivity contribution in [3.05, 3.63) is 29.6 Å². The lowest BCUT2D eigenvalue weighted by atomic mass is 9.90. The Bertz CT molecular complexity index is 464. The molecule has 0 amide bonds. The summed E-state index contributed by atoms with van der Waals surface area (Å²) < 4.78 is 19.1. The van der Waals surface area contributed by atoms with Crippen molar-refractivity contribution in [2.45, 2.75) is 38.2 Å². The fourth-order valence-corrected chi connectivity index (χ4v) is 2.46. The van der Waals surface area contributed by atoms with Crippen molar-refractivity contribution < 1.29 is 14.2 Å². The molecule has 0 spiro atoms. The van der Waals surface area contributed by atoms with Gasteiger partial charge in [-0.2, -0.15) is 5.26 Å². The summed E-state index contributed by atoms with van der Waals surface area (Å²) in [5.74, 6) is 0.485. The highest BCUT2D eigenvalue weighted by molar-refractivity contribution is 5.33. The lowest BCUT2D eigenvalue weighted by Crippen LogP contribution is -2.15. The maximum atomic E-state index is 13.4. The van der Waals surface area contributed by atoms with E-state index in [1.54, 1.807) is 6.07 Å². The molecule has 1 aliphatic rings. The van der Waals surface area contributed by atoms with Crippen molar-refractivity contribution in [2.24, 2.45) is 5.92 Å². The second-order valence-electron chi connectivity index (χ2n) is 5.03. The summed E-state index contributed by atoms with van der Waals surface area (Å²) in [7, 11) is 0. The summed E-state index contributed by atoms with van der Waals surface area (Å²) >= 11 is 0. The van der Waals surface area contributed by atoms with Crippen LogP contribution in [-0.4, -0.2) is 11.7 Å². The average Bonchev–Trinajstić information content (AvgIpc) is 2.46. The number of benzene rings is 1. The van der Waals surface area contributed by atoms with Crippen molar-refractivity contribution >= 4 is 0 Å². The van der Waals surface area contributed by atoms with Crippen LogP contribution in [0.4, 0.5) is 4.39 Å². The number of ether oxygens (including phenoxy) is 1. The maximum Gasteiger partial charge on any atom is 0.168 e. The predicted molar refractivity (Wildman–Crippen MR) is 69.0 cm³/mol. The lowest BCUT2D eigenvalue weighted by Gasteiger charge is -2.21. The molecule has 0 saturated heterocycles. The zero-order chi connectivity index (χ0) is 13.7.